The molecule has 5 aromatic rings. The Morgan fingerprint density at radius 2 is 0.469 bits per heavy atom. The van der Waals surface area contributed by atoms with E-state index in [-0.39, 0.29) is 0 Å². The first-order valence-electron chi connectivity index (χ1n) is 11.0. The Morgan fingerprint density at radius 1 is 0.250 bits per heavy atom. The van der Waals surface area contributed by atoms with Crippen molar-refractivity contribution in [2.75, 3.05) is 0 Å². The number of rotatable bonds is 6. The van der Waals surface area contributed by atoms with Crippen molar-refractivity contribution in [1.29, 1.82) is 0 Å². The van der Waals surface area contributed by atoms with Gasteiger partial charge in [0.1, 0.15) is 0 Å². The second-order valence-corrected chi connectivity index (χ2v) is 12.6. The molecule has 2 radical (unpaired) electrons. The highest BCUT2D eigenvalue weighted by molar-refractivity contribution is 7.04. The molecule has 0 N–H and O–H groups in total. The summed E-state index contributed by atoms with van der Waals surface area (Å²) in [5, 5.41) is 8.71. The molecule has 32 heavy (non-hydrogen) atoms. The summed E-state index contributed by atoms with van der Waals surface area (Å²) in [6.45, 7) is 0. The van der Waals surface area contributed by atoms with Crippen LogP contribution in [0.3, 0.4) is 0 Å². The second-order valence-electron chi connectivity index (χ2n) is 7.76. The third-order valence-corrected chi connectivity index (χ3v) is 11.6. The van der Waals surface area contributed by atoms with Gasteiger partial charge in [0.25, 0.3) is 0 Å². The van der Waals surface area contributed by atoms with Crippen molar-refractivity contribution in [2.45, 2.75) is 0 Å². The van der Waals surface area contributed by atoms with Gasteiger partial charge in [-0.1, -0.05) is 177 Å². The minimum atomic E-state index is -1.14. The largest absolute Gasteiger partial charge is 0.154 e. The lowest BCUT2D eigenvalue weighted by Crippen LogP contribution is -2.64. The lowest BCUT2D eigenvalue weighted by molar-refractivity contribution is 1.71. The molecule has 0 aromatic heterocycles. The van der Waals surface area contributed by atoms with E-state index in [1.54, 1.807) is 0 Å². The van der Waals surface area contributed by atoms with Crippen LogP contribution in [0.1, 0.15) is 0 Å². The molecule has 0 unspecified atom stereocenters. The zero-order chi connectivity index (χ0) is 21.6. The lowest BCUT2D eigenvalue weighted by Gasteiger charge is -2.25. The van der Waals surface area contributed by atoms with Gasteiger partial charge in [-0.2, -0.15) is 0 Å². The summed E-state index contributed by atoms with van der Waals surface area (Å²) in [5.74, 6) is 0. The Morgan fingerprint density at radius 3 is 0.719 bits per heavy atom. The van der Waals surface area contributed by atoms with E-state index in [1.165, 1.54) is 31.1 Å². The average Bonchev–Trinajstić information content (AvgIpc) is 2.88. The van der Waals surface area contributed by atoms with Gasteiger partial charge < -0.3 is 0 Å². The van der Waals surface area contributed by atoms with Crippen molar-refractivity contribution in [3.63, 3.8) is 0 Å². The van der Waals surface area contributed by atoms with Gasteiger partial charge >= 0.3 is 0 Å². The van der Waals surface area contributed by atoms with E-state index < -0.39 is 17.6 Å². The van der Waals surface area contributed by atoms with Crippen LogP contribution in [0.25, 0.3) is 0 Å². The van der Waals surface area contributed by atoms with Crippen molar-refractivity contribution >= 4 is 48.7 Å². The molecule has 0 aliphatic heterocycles. The molecule has 0 aliphatic carbocycles. The molecule has 0 fully saturated rings. The van der Waals surface area contributed by atoms with Crippen molar-refractivity contribution < 1.29 is 0 Å². The SMILES string of the molecule is c1ccc([Si](c2ccccc2)c2ccccc2[Si](c2ccccc2)c2ccccc2)cc1. The molecule has 0 amide bonds. The Labute approximate surface area is 194 Å². The molecular formula is C30H24Si2. The van der Waals surface area contributed by atoms with E-state index in [0.717, 1.165) is 0 Å². The lowest BCUT2D eigenvalue weighted by atomic mass is 10.3. The molecular weight excluding hydrogens is 417 g/mol. The molecule has 0 atom stereocenters. The summed E-state index contributed by atoms with van der Waals surface area (Å²) in [4.78, 5) is 0. The van der Waals surface area contributed by atoms with Crippen LogP contribution in [-0.2, 0) is 0 Å². The molecule has 0 saturated carbocycles. The normalized spacial score (nSPS) is 11.1. The van der Waals surface area contributed by atoms with E-state index in [1.807, 2.05) is 0 Å². The molecule has 0 bridgehead atoms. The van der Waals surface area contributed by atoms with Gasteiger partial charge in [0.15, 0.2) is 17.6 Å². The van der Waals surface area contributed by atoms with Crippen LogP contribution in [0.15, 0.2) is 146 Å². The third-order valence-electron chi connectivity index (χ3n) is 5.72. The minimum absolute atomic E-state index is 1.14. The highest BCUT2D eigenvalue weighted by Gasteiger charge is 2.28. The smallest absolute Gasteiger partial charge is 0.0625 e. The summed E-state index contributed by atoms with van der Waals surface area (Å²) in [7, 11) is -2.28. The quantitative estimate of drug-likeness (QED) is 0.281. The van der Waals surface area contributed by atoms with Gasteiger partial charge in [-0.15, -0.1) is 0 Å². The van der Waals surface area contributed by atoms with E-state index >= 15 is 0 Å². The maximum absolute atomic E-state index is 2.38. The minimum Gasteiger partial charge on any atom is -0.0625 e. The van der Waals surface area contributed by atoms with Crippen LogP contribution in [0, 0.1) is 0 Å². The highest BCUT2D eigenvalue weighted by atomic mass is 28.3. The van der Waals surface area contributed by atoms with Crippen LogP contribution >= 0.6 is 0 Å². The van der Waals surface area contributed by atoms with Crippen LogP contribution in [-0.4, -0.2) is 17.6 Å². The number of benzene rings is 5. The summed E-state index contributed by atoms with van der Waals surface area (Å²) in [6, 6.07) is 53.4. The highest BCUT2D eigenvalue weighted by Crippen LogP contribution is 1.99. The van der Waals surface area contributed by atoms with Gasteiger partial charge in [-0.05, 0) is 0 Å². The van der Waals surface area contributed by atoms with Gasteiger partial charge in [0.05, 0.1) is 0 Å². The molecule has 0 aliphatic rings. The van der Waals surface area contributed by atoms with E-state index in [2.05, 4.69) is 146 Å². The predicted octanol–water partition coefficient (Wildman–Crippen LogP) is 2.72. The molecule has 5 aromatic carbocycles. The summed E-state index contributed by atoms with van der Waals surface area (Å²) < 4.78 is 0. The van der Waals surface area contributed by atoms with Gasteiger partial charge in [-0.3, -0.25) is 0 Å². The predicted molar refractivity (Wildman–Crippen MR) is 142 cm³/mol. The van der Waals surface area contributed by atoms with Crippen LogP contribution in [0.5, 0.6) is 0 Å². The van der Waals surface area contributed by atoms with Crippen molar-refractivity contribution in [3.8, 4) is 0 Å². The van der Waals surface area contributed by atoms with Gasteiger partial charge in [-0.25, -0.2) is 0 Å². The molecule has 0 nitrogen and oxygen atoms in total. The summed E-state index contributed by atoms with van der Waals surface area (Å²) >= 11 is 0. The maximum Gasteiger partial charge on any atom is 0.154 e. The van der Waals surface area contributed by atoms with Crippen LogP contribution < -0.4 is 31.1 Å². The summed E-state index contributed by atoms with van der Waals surface area (Å²) in [5.41, 5.74) is 0. The third kappa shape index (κ3) is 4.29. The molecule has 0 spiro atoms. The number of hydrogen-bond acceptors (Lipinski definition) is 0. The Balaban J connectivity index is 1.74. The standard InChI is InChI=1S/C30H24Si2/c1-5-15-25(16-6-1)31(26-17-7-2-8-18-26)29-23-13-14-24-30(29)32(27-19-9-3-10-20-27)28-21-11-4-12-22-28/h1-24H. The first-order chi connectivity index (χ1) is 15.9. The Bertz CT molecular complexity index is 1070. The van der Waals surface area contributed by atoms with Gasteiger partial charge in [0, 0.05) is 0 Å². The Hall–Kier alpha value is -3.47. The fraction of sp³-hybridized carbons (Fsp3) is 0. The van der Waals surface area contributed by atoms with E-state index in [4.69, 9.17) is 0 Å². The molecule has 0 saturated heterocycles. The molecule has 2 heteroatoms. The monoisotopic (exact) mass is 440 g/mol. The fourth-order valence-corrected chi connectivity index (χ4v) is 10.3. The first-order valence-corrected chi connectivity index (χ1v) is 14.0. The van der Waals surface area contributed by atoms with Crippen molar-refractivity contribution in [3.05, 3.63) is 146 Å². The van der Waals surface area contributed by atoms with Crippen LogP contribution in [0.4, 0.5) is 0 Å². The molecule has 0 heterocycles. The molecule has 152 valence electrons. The first kappa shape index (κ1) is 20.4. The van der Waals surface area contributed by atoms with E-state index in [0.29, 0.717) is 0 Å². The molecule has 5 rings (SSSR count). The van der Waals surface area contributed by atoms with Crippen LogP contribution in [0.2, 0.25) is 0 Å². The average molecular weight is 441 g/mol. The van der Waals surface area contributed by atoms with Crippen molar-refractivity contribution in [1.82, 2.24) is 0 Å². The maximum atomic E-state index is 2.38. The zero-order valence-electron chi connectivity index (χ0n) is 17.9. The topological polar surface area (TPSA) is 0 Å². The fourth-order valence-electron chi connectivity index (χ4n) is 4.29. The zero-order valence-corrected chi connectivity index (χ0v) is 19.9. The number of hydrogen-bond donors (Lipinski definition) is 0. The van der Waals surface area contributed by atoms with E-state index in [9.17, 15) is 0 Å². The Kier molecular flexibility index (Phi) is 6.24. The van der Waals surface area contributed by atoms with Gasteiger partial charge in [0.2, 0.25) is 0 Å². The summed E-state index contributed by atoms with van der Waals surface area (Å²) in [6.07, 6.45) is 0. The second kappa shape index (κ2) is 9.77. The van der Waals surface area contributed by atoms with Crippen molar-refractivity contribution in [2.24, 2.45) is 0 Å².